The highest BCUT2D eigenvalue weighted by molar-refractivity contribution is 5.94. The molecule has 1 amide bonds. The standard InChI is InChI=1S/C26H28N6O2/c1-17-12-18(13-27)5-9-22(17)23-15-29-32(26(23)34)24-10-6-19(14-28-24)25(33)31-11-3-4-21(16-31)30(2)20-7-8-20/h5-6,9-10,12,14-15,20-21,34H,3-4,7-8,11,16H2,1-2H3/t21-/m1/s1. The Balaban J connectivity index is 1.33. The summed E-state index contributed by atoms with van der Waals surface area (Å²) in [6.07, 6.45) is 7.80. The number of amides is 1. The van der Waals surface area contributed by atoms with Gasteiger partial charge in [-0.1, -0.05) is 6.07 Å². The number of benzene rings is 1. The van der Waals surface area contributed by atoms with E-state index in [1.165, 1.54) is 17.5 Å². The summed E-state index contributed by atoms with van der Waals surface area (Å²) < 4.78 is 1.35. The molecule has 0 radical (unpaired) electrons. The first-order valence-corrected chi connectivity index (χ1v) is 11.7. The Morgan fingerprint density at radius 1 is 1.15 bits per heavy atom. The summed E-state index contributed by atoms with van der Waals surface area (Å²) in [4.78, 5) is 21.9. The number of aryl methyl sites for hydroxylation is 1. The molecule has 2 fully saturated rings. The molecule has 8 heteroatoms. The van der Waals surface area contributed by atoms with Crippen LogP contribution in [0.3, 0.4) is 0 Å². The van der Waals surface area contributed by atoms with Crippen LogP contribution in [0.15, 0.2) is 42.7 Å². The van der Waals surface area contributed by atoms with Crippen LogP contribution >= 0.6 is 0 Å². The summed E-state index contributed by atoms with van der Waals surface area (Å²) in [7, 11) is 2.18. The number of nitriles is 1. The number of hydrogen-bond acceptors (Lipinski definition) is 6. The molecule has 34 heavy (non-hydrogen) atoms. The van der Waals surface area contributed by atoms with Gasteiger partial charge in [0.05, 0.1) is 29.0 Å². The van der Waals surface area contributed by atoms with Gasteiger partial charge in [0.1, 0.15) is 0 Å². The third-order valence-corrected chi connectivity index (χ3v) is 6.98. The lowest BCUT2D eigenvalue weighted by Gasteiger charge is -2.37. The van der Waals surface area contributed by atoms with E-state index in [0.29, 0.717) is 34.6 Å². The van der Waals surface area contributed by atoms with Gasteiger partial charge in [-0.3, -0.25) is 9.69 Å². The minimum absolute atomic E-state index is 0.00784. The maximum absolute atomic E-state index is 13.1. The van der Waals surface area contributed by atoms with Crippen molar-refractivity contribution in [3.63, 3.8) is 0 Å². The molecular weight excluding hydrogens is 428 g/mol. The number of likely N-dealkylation sites (N-methyl/N-ethyl adjacent to an activating group) is 1. The number of aromatic hydroxyl groups is 1. The van der Waals surface area contributed by atoms with Crippen molar-refractivity contribution >= 4 is 5.91 Å². The van der Waals surface area contributed by atoms with Gasteiger partial charge in [-0.25, -0.2) is 4.98 Å². The summed E-state index contributed by atoms with van der Waals surface area (Å²) in [5.74, 6) is 0.379. The fraction of sp³-hybridized carbons (Fsp3) is 0.385. The minimum atomic E-state index is -0.0404. The van der Waals surface area contributed by atoms with E-state index in [0.717, 1.165) is 37.1 Å². The Labute approximate surface area is 199 Å². The third kappa shape index (κ3) is 4.15. The van der Waals surface area contributed by atoms with Crippen molar-refractivity contribution in [2.75, 3.05) is 20.1 Å². The fourth-order valence-electron chi connectivity index (χ4n) is 4.81. The zero-order valence-electron chi connectivity index (χ0n) is 19.5. The van der Waals surface area contributed by atoms with Gasteiger partial charge in [-0.15, -0.1) is 0 Å². The number of carbonyl (C=O) groups is 1. The number of nitrogens with zero attached hydrogens (tertiary/aromatic N) is 6. The van der Waals surface area contributed by atoms with E-state index >= 15 is 0 Å². The van der Waals surface area contributed by atoms with Gasteiger partial charge in [0.15, 0.2) is 5.82 Å². The van der Waals surface area contributed by atoms with E-state index in [2.05, 4.69) is 28.1 Å². The second kappa shape index (κ2) is 8.92. The minimum Gasteiger partial charge on any atom is -0.493 e. The lowest BCUT2D eigenvalue weighted by atomic mass is 10.0. The van der Waals surface area contributed by atoms with Gasteiger partial charge in [0.25, 0.3) is 5.91 Å². The van der Waals surface area contributed by atoms with Gasteiger partial charge < -0.3 is 10.0 Å². The number of likely N-dealkylation sites (tertiary alicyclic amines) is 1. The van der Waals surface area contributed by atoms with E-state index in [4.69, 9.17) is 5.26 Å². The molecule has 1 aliphatic carbocycles. The molecule has 1 aliphatic heterocycles. The quantitative estimate of drug-likeness (QED) is 0.631. The third-order valence-electron chi connectivity index (χ3n) is 6.98. The van der Waals surface area contributed by atoms with Crippen molar-refractivity contribution in [1.29, 1.82) is 5.26 Å². The number of pyridine rings is 1. The van der Waals surface area contributed by atoms with Gasteiger partial charge in [0, 0.05) is 31.4 Å². The number of hydrogen-bond donors (Lipinski definition) is 1. The second-order valence-corrected chi connectivity index (χ2v) is 9.28. The largest absolute Gasteiger partial charge is 0.493 e. The topological polar surface area (TPSA) is 98.3 Å². The van der Waals surface area contributed by atoms with Gasteiger partial charge in [-0.2, -0.15) is 15.0 Å². The summed E-state index contributed by atoms with van der Waals surface area (Å²) in [5, 5.41) is 24.2. The first-order valence-electron chi connectivity index (χ1n) is 11.7. The van der Waals surface area contributed by atoms with Crippen molar-refractivity contribution in [3.8, 4) is 28.9 Å². The van der Waals surface area contributed by atoms with Gasteiger partial charge in [0.2, 0.25) is 5.88 Å². The van der Waals surface area contributed by atoms with Crippen molar-refractivity contribution in [2.45, 2.75) is 44.7 Å². The first-order chi connectivity index (χ1) is 16.5. The van der Waals surface area contributed by atoms with Crippen LogP contribution in [0, 0.1) is 18.3 Å². The van der Waals surface area contributed by atoms with Crippen molar-refractivity contribution in [3.05, 3.63) is 59.4 Å². The molecule has 2 aliphatic rings. The van der Waals surface area contributed by atoms with Crippen LogP contribution in [0.25, 0.3) is 16.9 Å². The smallest absolute Gasteiger partial charge is 0.255 e. The number of rotatable bonds is 5. The predicted molar refractivity (Wildman–Crippen MR) is 128 cm³/mol. The van der Waals surface area contributed by atoms with Crippen LogP contribution < -0.4 is 0 Å². The van der Waals surface area contributed by atoms with Gasteiger partial charge >= 0.3 is 0 Å². The average molecular weight is 457 g/mol. The Hall–Kier alpha value is -3.70. The molecule has 1 atom stereocenters. The molecule has 1 aromatic carbocycles. The highest BCUT2D eigenvalue weighted by Crippen LogP contribution is 2.33. The molecule has 3 heterocycles. The van der Waals surface area contributed by atoms with Crippen LogP contribution in [0.5, 0.6) is 5.88 Å². The predicted octanol–water partition coefficient (Wildman–Crippen LogP) is 3.52. The molecule has 1 saturated carbocycles. The van der Waals surface area contributed by atoms with Crippen molar-refractivity contribution in [1.82, 2.24) is 24.6 Å². The first kappa shape index (κ1) is 22.1. The number of carbonyl (C=O) groups excluding carboxylic acids is 1. The van der Waals surface area contributed by atoms with Gasteiger partial charge in [-0.05, 0) is 75.0 Å². The lowest BCUT2D eigenvalue weighted by molar-refractivity contribution is 0.0600. The zero-order chi connectivity index (χ0) is 23.8. The molecule has 174 valence electrons. The molecular formula is C26H28N6O2. The van der Waals surface area contributed by atoms with E-state index in [-0.39, 0.29) is 11.8 Å². The van der Waals surface area contributed by atoms with E-state index in [1.807, 2.05) is 11.8 Å². The molecule has 0 unspecified atom stereocenters. The van der Waals surface area contributed by atoms with E-state index in [1.54, 1.807) is 42.7 Å². The van der Waals surface area contributed by atoms with Crippen LogP contribution in [-0.2, 0) is 0 Å². The van der Waals surface area contributed by atoms with E-state index < -0.39 is 0 Å². The number of piperidine rings is 1. The second-order valence-electron chi connectivity index (χ2n) is 9.28. The summed E-state index contributed by atoms with van der Waals surface area (Å²) >= 11 is 0. The van der Waals surface area contributed by atoms with Crippen molar-refractivity contribution < 1.29 is 9.90 Å². The highest BCUT2D eigenvalue weighted by atomic mass is 16.3. The molecule has 3 aromatic rings. The maximum Gasteiger partial charge on any atom is 0.255 e. The highest BCUT2D eigenvalue weighted by Gasteiger charge is 2.34. The Morgan fingerprint density at radius 3 is 2.65 bits per heavy atom. The molecule has 0 spiro atoms. The number of aromatic nitrogens is 3. The SMILES string of the molecule is Cc1cc(C#N)ccc1-c1cnn(-c2ccc(C(=O)N3CCC[C@@H](N(C)C4CC4)C3)cn2)c1O. The molecule has 0 bridgehead atoms. The Kier molecular flexibility index (Phi) is 5.80. The van der Waals surface area contributed by atoms with Crippen LogP contribution in [0.2, 0.25) is 0 Å². The van der Waals surface area contributed by atoms with E-state index in [9.17, 15) is 9.90 Å². The summed E-state index contributed by atoms with van der Waals surface area (Å²) in [6, 6.07) is 12.0. The molecule has 8 nitrogen and oxygen atoms in total. The normalized spacial score (nSPS) is 18.2. The molecule has 5 rings (SSSR count). The Morgan fingerprint density at radius 2 is 1.97 bits per heavy atom. The zero-order valence-corrected chi connectivity index (χ0v) is 19.5. The molecule has 1 saturated heterocycles. The summed E-state index contributed by atoms with van der Waals surface area (Å²) in [5.41, 5.74) is 3.32. The fourth-order valence-corrected chi connectivity index (χ4v) is 4.81. The van der Waals surface area contributed by atoms with Crippen LogP contribution in [0.1, 0.15) is 47.2 Å². The maximum atomic E-state index is 13.1. The Bertz CT molecular complexity index is 1260. The average Bonchev–Trinajstić information content (AvgIpc) is 3.65. The molecule has 1 N–H and O–H groups in total. The monoisotopic (exact) mass is 456 g/mol. The van der Waals surface area contributed by atoms with Crippen molar-refractivity contribution in [2.24, 2.45) is 0 Å². The molecule has 2 aromatic heterocycles. The van der Waals surface area contributed by atoms with Crippen LogP contribution in [0.4, 0.5) is 0 Å². The summed E-state index contributed by atoms with van der Waals surface area (Å²) in [6.45, 7) is 3.41. The lowest BCUT2D eigenvalue weighted by Crippen LogP contribution is -2.49. The van der Waals surface area contributed by atoms with Crippen LogP contribution in [-0.4, -0.2) is 67.8 Å².